The van der Waals surface area contributed by atoms with Crippen LogP contribution < -0.4 is 0 Å². The maximum absolute atomic E-state index is 6.76. The molecule has 0 heterocycles. The van der Waals surface area contributed by atoms with Crippen molar-refractivity contribution in [3.63, 3.8) is 0 Å². The first kappa shape index (κ1) is 14.1. The Labute approximate surface area is 121 Å². The molecular formula is C18H21Cl. The number of halogens is 1. The van der Waals surface area contributed by atoms with Crippen LogP contribution in [0.25, 0.3) is 0 Å². The Balaban J connectivity index is 2.37. The highest BCUT2D eigenvalue weighted by molar-refractivity contribution is 6.21. The Hall–Kier alpha value is -1.27. The van der Waals surface area contributed by atoms with E-state index in [4.69, 9.17) is 11.6 Å². The van der Waals surface area contributed by atoms with Crippen LogP contribution in [0.2, 0.25) is 0 Å². The van der Waals surface area contributed by atoms with Crippen molar-refractivity contribution < 1.29 is 0 Å². The standard InChI is InChI=1S/C18H21Cl/c1-13-10-11-15(12-14(13)2)17(19)18(3,4)16-8-6-5-7-9-16/h5-12,17H,1-4H3. The molecule has 0 amide bonds. The van der Waals surface area contributed by atoms with Gasteiger partial charge in [-0.05, 0) is 36.1 Å². The SMILES string of the molecule is Cc1ccc(C(Cl)C(C)(C)c2ccccc2)cc1C. The predicted molar refractivity (Wildman–Crippen MR) is 84.0 cm³/mol. The third kappa shape index (κ3) is 2.84. The lowest BCUT2D eigenvalue weighted by atomic mass is 9.78. The average molecular weight is 273 g/mol. The summed E-state index contributed by atoms with van der Waals surface area (Å²) >= 11 is 6.76. The Bertz CT molecular complexity index is 555. The molecule has 0 radical (unpaired) electrons. The number of alkyl halides is 1. The van der Waals surface area contributed by atoms with Crippen molar-refractivity contribution in [2.75, 3.05) is 0 Å². The van der Waals surface area contributed by atoms with Gasteiger partial charge in [0, 0.05) is 5.41 Å². The van der Waals surface area contributed by atoms with Gasteiger partial charge in [-0.1, -0.05) is 62.4 Å². The van der Waals surface area contributed by atoms with Crippen LogP contribution >= 0.6 is 11.6 Å². The van der Waals surface area contributed by atoms with Crippen LogP contribution in [-0.4, -0.2) is 0 Å². The van der Waals surface area contributed by atoms with Gasteiger partial charge in [0.15, 0.2) is 0 Å². The summed E-state index contributed by atoms with van der Waals surface area (Å²) in [4.78, 5) is 0. The first-order chi connectivity index (χ1) is 8.93. The lowest BCUT2D eigenvalue weighted by Crippen LogP contribution is -2.23. The third-order valence-corrected chi connectivity index (χ3v) is 4.77. The van der Waals surface area contributed by atoms with Crippen LogP contribution in [0.15, 0.2) is 48.5 Å². The molecule has 2 aromatic rings. The molecule has 0 aliphatic rings. The van der Waals surface area contributed by atoms with Gasteiger partial charge in [0.25, 0.3) is 0 Å². The van der Waals surface area contributed by atoms with E-state index in [1.54, 1.807) is 0 Å². The molecular weight excluding hydrogens is 252 g/mol. The number of benzene rings is 2. The second-order valence-corrected chi connectivity index (χ2v) is 6.23. The summed E-state index contributed by atoms with van der Waals surface area (Å²) in [5.41, 5.74) is 4.98. The van der Waals surface area contributed by atoms with Gasteiger partial charge in [-0.15, -0.1) is 11.6 Å². The van der Waals surface area contributed by atoms with E-state index < -0.39 is 0 Å². The van der Waals surface area contributed by atoms with Crippen LogP contribution in [-0.2, 0) is 5.41 Å². The molecule has 100 valence electrons. The predicted octanol–water partition coefficient (Wildman–Crippen LogP) is 5.56. The topological polar surface area (TPSA) is 0 Å². The average Bonchev–Trinajstić information content (AvgIpc) is 2.42. The number of hydrogen-bond acceptors (Lipinski definition) is 0. The molecule has 0 saturated heterocycles. The molecule has 2 aromatic carbocycles. The van der Waals surface area contributed by atoms with Crippen molar-refractivity contribution >= 4 is 11.6 Å². The highest BCUT2D eigenvalue weighted by Crippen LogP contribution is 2.41. The molecule has 0 bridgehead atoms. The highest BCUT2D eigenvalue weighted by atomic mass is 35.5. The van der Waals surface area contributed by atoms with E-state index in [0.29, 0.717) is 0 Å². The fraction of sp³-hybridized carbons (Fsp3) is 0.333. The first-order valence-corrected chi connectivity index (χ1v) is 7.13. The minimum Gasteiger partial charge on any atom is -0.117 e. The maximum Gasteiger partial charge on any atom is 0.0676 e. The summed E-state index contributed by atoms with van der Waals surface area (Å²) < 4.78 is 0. The zero-order valence-corrected chi connectivity index (χ0v) is 12.8. The van der Waals surface area contributed by atoms with Crippen molar-refractivity contribution in [1.82, 2.24) is 0 Å². The second kappa shape index (κ2) is 5.38. The number of rotatable bonds is 3. The minimum atomic E-state index is -0.0927. The monoisotopic (exact) mass is 272 g/mol. The molecule has 1 atom stereocenters. The molecule has 1 heteroatoms. The Morgan fingerprint density at radius 3 is 2.11 bits per heavy atom. The summed E-state index contributed by atoms with van der Waals surface area (Å²) in [6, 6.07) is 17.0. The lowest BCUT2D eigenvalue weighted by molar-refractivity contribution is 0.504. The molecule has 0 N–H and O–H groups in total. The van der Waals surface area contributed by atoms with Gasteiger partial charge in [0.05, 0.1) is 5.38 Å². The van der Waals surface area contributed by atoms with Crippen LogP contribution in [0.3, 0.4) is 0 Å². The van der Waals surface area contributed by atoms with Crippen molar-refractivity contribution in [2.45, 2.75) is 38.5 Å². The molecule has 19 heavy (non-hydrogen) atoms. The summed E-state index contributed by atoms with van der Waals surface area (Å²) in [5.74, 6) is 0. The van der Waals surface area contributed by atoms with Crippen LogP contribution in [0, 0.1) is 13.8 Å². The molecule has 0 aliphatic carbocycles. The normalized spacial score (nSPS) is 13.3. The zero-order chi connectivity index (χ0) is 14.0. The Morgan fingerprint density at radius 2 is 1.53 bits per heavy atom. The maximum atomic E-state index is 6.76. The highest BCUT2D eigenvalue weighted by Gasteiger charge is 2.30. The number of aryl methyl sites for hydroxylation is 2. The van der Waals surface area contributed by atoms with Crippen molar-refractivity contribution in [3.8, 4) is 0 Å². The van der Waals surface area contributed by atoms with Gasteiger partial charge >= 0.3 is 0 Å². The molecule has 0 aromatic heterocycles. The van der Waals surface area contributed by atoms with E-state index in [-0.39, 0.29) is 10.8 Å². The first-order valence-electron chi connectivity index (χ1n) is 6.69. The summed E-state index contributed by atoms with van der Waals surface area (Å²) in [6.07, 6.45) is 0. The smallest absolute Gasteiger partial charge is 0.0676 e. The molecule has 0 saturated carbocycles. The van der Waals surface area contributed by atoms with E-state index in [9.17, 15) is 0 Å². The Kier molecular flexibility index (Phi) is 4.01. The molecule has 0 spiro atoms. The summed E-state index contributed by atoms with van der Waals surface area (Å²) in [5, 5.41) is -0.0331. The van der Waals surface area contributed by atoms with Crippen molar-refractivity contribution in [2.24, 2.45) is 0 Å². The van der Waals surface area contributed by atoms with Crippen LogP contribution in [0.4, 0.5) is 0 Å². The van der Waals surface area contributed by atoms with Gasteiger partial charge in [0.2, 0.25) is 0 Å². The van der Waals surface area contributed by atoms with E-state index in [2.05, 4.69) is 70.2 Å². The Morgan fingerprint density at radius 1 is 0.895 bits per heavy atom. The van der Waals surface area contributed by atoms with Gasteiger partial charge in [-0.25, -0.2) is 0 Å². The second-order valence-electron chi connectivity index (χ2n) is 5.79. The van der Waals surface area contributed by atoms with E-state index >= 15 is 0 Å². The zero-order valence-electron chi connectivity index (χ0n) is 12.1. The fourth-order valence-corrected chi connectivity index (χ4v) is 2.61. The minimum absolute atomic E-state index is 0.0331. The van der Waals surface area contributed by atoms with E-state index in [1.165, 1.54) is 22.3 Å². The molecule has 2 rings (SSSR count). The molecule has 0 nitrogen and oxygen atoms in total. The molecule has 1 unspecified atom stereocenters. The van der Waals surface area contributed by atoms with Crippen molar-refractivity contribution in [3.05, 3.63) is 70.8 Å². The fourth-order valence-electron chi connectivity index (χ4n) is 2.35. The van der Waals surface area contributed by atoms with E-state index in [0.717, 1.165) is 0 Å². The number of hydrogen-bond donors (Lipinski definition) is 0. The quantitative estimate of drug-likeness (QED) is 0.642. The third-order valence-electron chi connectivity index (χ3n) is 3.98. The van der Waals surface area contributed by atoms with Gasteiger partial charge in [-0.2, -0.15) is 0 Å². The van der Waals surface area contributed by atoms with Gasteiger partial charge in [-0.3, -0.25) is 0 Å². The van der Waals surface area contributed by atoms with Crippen LogP contribution in [0.1, 0.15) is 41.5 Å². The van der Waals surface area contributed by atoms with Crippen LogP contribution in [0.5, 0.6) is 0 Å². The van der Waals surface area contributed by atoms with E-state index in [1.807, 2.05) is 6.07 Å². The molecule has 0 aliphatic heterocycles. The summed E-state index contributed by atoms with van der Waals surface area (Å²) in [6.45, 7) is 8.67. The largest absolute Gasteiger partial charge is 0.117 e. The van der Waals surface area contributed by atoms with Gasteiger partial charge in [0.1, 0.15) is 0 Å². The lowest BCUT2D eigenvalue weighted by Gasteiger charge is -2.31. The van der Waals surface area contributed by atoms with Crippen molar-refractivity contribution in [1.29, 1.82) is 0 Å². The molecule has 0 fully saturated rings. The van der Waals surface area contributed by atoms with Gasteiger partial charge < -0.3 is 0 Å². The summed E-state index contributed by atoms with van der Waals surface area (Å²) in [7, 11) is 0.